The van der Waals surface area contributed by atoms with E-state index in [1.807, 2.05) is 0 Å². The van der Waals surface area contributed by atoms with E-state index in [2.05, 4.69) is 23.5 Å². The van der Waals surface area contributed by atoms with Gasteiger partial charge in [0.15, 0.2) is 6.19 Å². The standard InChI is InChI=1S/C9H15N3/c1-12-5-7-2-3-9(12)8(4-7)11-6-10/h7-9,11H,2-5H2,1H3. The molecule has 3 aliphatic rings. The van der Waals surface area contributed by atoms with Crippen molar-refractivity contribution in [3.8, 4) is 6.19 Å². The predicted octanol–water partition coefficient (Wildman–Crippen LogP) is 0.540. The average molecular weight is 165 g/mol. The third kappa shape index (κ3) is 1.16. The molecular weight excluding hydrogens is 150 g/mol. The number of rotatable bonds is 1. The molecule has 2 bridgehead atoms. The van der Waals surface area contributed by atoms with Crippen LogP contribution in [0.5, 0.6) is 0 Å². The fourth-order valence-electron chi connectivity index (χ4n) is 2.72. The molecule has 2 saturated heterocycles. The monoisotopic (exact) mass is 165 g/mol. The predicted molar refractivity (Wildman–Crippen MR) is 46.3 cm³/mol. The van der Waals surface area contributed by atoms with E-state index in [9.17, 15) is 0 Å². The first kappa shape index (κ1) is 7.88. The Morgan fingerprint density at radius 2 is 2.33 bits per heavy atom. The molecule has 1 saturated carbocycles. The van der Waals surface area contributed by atoms with Gasteiger partial charge in [0.2, 0.25) is 0 Å². The van der Waals surface area contributed by atoms with Crippen LogP contribution in [0.4, 0.5) is 0 Å². The summed E-state index contributed by atoms with van der Waals surface area (Å²) in [5, 5.41) is 11.5. The normalized spacial score (nSPS) is 40.8. The number of likely N-dealkylation sites (N-methyl/N-ethyl adjacent to an activating group) is 1. The highest BCUT2D eigenvalue weighted by Gasteiger charge is 2.38. The molecule has 12 heavy (non-hydrogen) atoms. The third-order valence-corrected chi connectivity index (χ3v) is 3.28. The minimum Gasteiger partial charge on any atom is -0.319 e. The van der Waals surface area contributed by atoms with Crippen molar-refractivity contribution in [2.24, 2.45) is 5.92 Å². The van der Waals surface area contributed by atoms with Gasteiger partial charge in [0, 0.05) is 12.6 Å². The third-order valence-electron chi connectivity index (χ3n) is 3.28. The smallest absolute Gasteiger partial charge is 0.176 e. The highest BCUT2D eigenvalue weighted by Crippen LogP contribution is 2.33. The molecule has 0 aromatic rings. The van der Waals surface area contributed by atoms with Crippen molar-refractivity contribution in [1.82, 2.24) is 10.2 Å². The van der Waals surface area contributed by atoms with Crippen LogP contribution in [0.15, 0.2) is 0 Å². The Morgan fingerprint density at radius 1 is 1.50 bits per heavy atom. The topological polar surface area (TPSA) is 39.1 Å². The summed E-state index contributed by atoms with van der Waals surface area (Å²) in [5.41, 5.74) is 0. The number of fused-ring (bicyclic) bond motifs is 3. The first-order valence-electron chi connectivity index (χ1n) is 4.66. The van der Waals surface area contributed by atoms with Gasteiger partial charge >= 0.3 is 0 Å². The number of hydrogen-bond acceptors (Lipinski definition) is 3. The van der Waals surface area contributed by atoms with Crippen LogP contribution in [-0.2, 0) is 0 Å². The van der Waals surface area contributed by atoms with E-state index in [1.165, 1.54) is 25.8 Å². The summed E-state index contributed by atoms with van der Waals surface area (Å²) in [6.45, 7) is 1.23. The van der Waals surface area contributed by atoms with Crippen molar-refractivity contribution >= 4 is 0 Å². The Morgan fingerprint density at radius 3 is 2.92 bits per heavy atom. The highest BCUT2D eigenvalue weighted by atomic mass is 15.2. The van der Waals surface area contributed by atoms with Gasteiger partial charge in [-0.2, -0.15) is 5.26 Å². The molecule has 2 heterocycles. The lowest BCUT2D eigenvalue weighted by Gasteiger charge is -2.47. The van der Waals surface area contributed by atoms with E-state index in [1.54, 1.807) is 0 Å². The molecule has 0 aromatic carbocycles. The van der Waals surface area contributed by atoms with Crippen LogP contribution in [0.2, 0.25) is 0 Å². The van der Waals surface area contributed by atoms with Crippen molar-refractivity contribution < 1.29 is 0 Å². The lowest BCUT2D eigenvalue weighted by molar-refractivity contribution is 0.0458. The Hall–Kier alpha value is -0.750. The van der Waals surface area contributed by atoms with E-state index in [0.29, 0.717) is 12.1 Å². The second-order valence-corrected chi connectivity index (χ2v) is 4.05. The van der Waals surface area contributed by atoms with Crippen LogP contribution in [0.3, 0.4) is 0 Å². The molecule has 0 spiro atoms. The maximum absolute atomic E-state index is 8.55. The van der Waals surface area contributed by atoms with E-state index in [-0.39, 0.29) is 0 Å². The molecule has 3 atom stereocenters. The SMILES string of the molecule is CN1CC2CCC1C(NC#N)C2. The number of nitrogens with one attached hydrogen (secondary N) is 1. The van der Waals surface area contributed by atoms with Crippen LogP contribution < -0.4 is 5.32 Å². The Balaban J connectivity index is 2.05. The van der Waals surface area contributed by atoms with Gasteiger partial charge in [-0.15, -0.1) is 0 Å². The number of hydrogen-bond donors (Lipinski definition) is 1. The zero-order chi connectivity index (χ0) is 8.55. The molecule has 0 amide bonds. The van der Waals surface area contributed by atoms with Gasteiger partial charge in [-0.25, -0.2) is 0 Å². The highest BCUT2D eigenvalue weighted by molar-refractivity contribution is 4.98. The van der Waals surface area contributed by atoms with Crippen molar-refractivity contribution in [3.63, 3.8) is 0 Å². The molecule has 3 fully saturated rings. The summed E-state index contributed by atoms with van der Waals surface area (Å²) >= 11 is 0. The summed E-state index contributed by atoms with van der Waals surface area (Å²) in [6.07, 6.45) is 5.89. The van der Waals surface area contributed by atoms with E-state index < -0.39 is 0 Å². The van der Waals surface area contributed by atoms with Crippen LogP contribution in [0.25, 0.3) is 0 Å². The molecule has 1 aliphatic carbocycles. The van der Waals surface area contributed by atoms with Gasteiger partial charge in [-0.3, -0.25) is 0 Å². The van der Waals surface area contributed by atoms with Gasteiger partial charge < -0.3 is 10.2 Å². The van der Waals surface area contributed by atoms with Crippen molar-refractivity contribution in [2.45, 2.75) is 31.3 Å². The summed E-state index contributed by atoms with van der Waals surface area (Å²) < 4.78 is 0. The summed E-state index contributed by atoms with van der Waals surface area (Å²) in [7, 11) is 2.17. The van der Waals surface area contributed by atoms with Crippen LogP contribution in [-0.4, -0.2) is 30.6 Å². The quantitative estimate of drug-likeness (QED) is 0.455. The van der Waals surface area contributed by atoms with Crippen molar-refractivity contribution in [3.05, 3.63) is 0 Å². The largest absolute Gasteiger partial charge is 0.319 e. The fraction of sp³-hybridized carbons (Fsp3) is 0.889. The minimum atomic E-state index is 0.424. The molecule has 3 rings (SSSR count). The first-order chi connectivity index (χ1) is 5.81. The first-order valence-corrected chi connectivity index (χ1v) is 4.66. The summed E-state index contributed by atoms with van der Waals surface area (Å²) in [6, 6.07) is 1.03. The summed E-state index contributed by atoms with van der Waals surface area (Å²) in [5.74, 6) is 0.825. The minimum absolute atomic E-state index is 0.424. The van der Waals surface area contributed by atoms with Crippen molar-refractivity contribution in [2.75, 3.05) is 13.6 Å². The maximum atomic E-state index is 8.55. The molecule has 0 radical (unpaired) electrons. The summed E-state index contributed by atoms with van der Waals surface area (Å²) in [4.78, 5) is 2.40. The maximum Gasteiger partial charge on any atom is 0.176 e. The zero-order valence-electron chi connectivity index (χ0n) is 7.45. The molecule has 66 valence electrons. The second kappa shape index (κ2) is 2.95. The van der Waals surface area contributed by atoms with E-state index in [0.717, 1.165) is 5.92 Å². The molecule has 3 unspecified atom stereocenters. The number of nitriles is 1. The average Bonchev–Trinajstić information content (AvgIpc) is 2.05. The van der Waals surface area contributed by atoms with Gasteiger partial charge in [0.1, 0.15) is 0 Å². The number of piperidine rings is 2. The lowest BCUT2D eigenvalue weighted by atomic mass is 9.77. The van der Waals surface area contributed by atoms with Crippen molar-refractivity contribution in [1.29, 1.82) is 5.26 Å². The Labute approximate surface area is 73.3 Å². The lowest BCUT2D eigenvalue weighted by Crippen LogP contribution is -2.57. The van der Waals surface area contributed by atoms with Gasteiger partial charge in [0.25, 0.3) is 0 Å². The molecule has 2 aliphatic heterocycles. The molecule has 3 nitrogen and oxygen atoms in total. The second-order valence-electron chi connectivity index (χ2n) is 4.05. The molecular formula is C9H15N3. The van der Waals surface area contributed by atoms with Crippen LogP contribution >= 0.6 is 0 Å². The van der Waals surface area contributed by atoms with Gasteiger partial charge in [-0.05, 0) is 32.2 Å². The Bertz CT molecular complexity index is 208. The Kier molecular flexibility index (Phi) is 1.93. The van der Waals surface area contributed by atoms with Crippen LogP contribution in [0, 0.1) is 17.4 Å². The molecule has 0 aromatic heterocycles. The van der Waals surface area contributed by atoms with Crippen LogP contribution in [0.1, 0.15) is 19.3 Å². The van der Waals surface area contributed by atoms with Gasteiger partial charge in [-0.1, -0.05) is 0 Å². The molecule has 1 N–H and O–H groups in total. The van der Waals surface area contributed by atoms with Gasteiger partial charge in [0.05, 0.1) is 6.04 Å². The fourth-order valence-corrected chi connectivity index (χ4v) is 2.72. The molecule has 3 heteroatoms. The zero-order valence-corrected chi connectivity index (χ0v) is 7.45. The number of nitrogens with zero attached hydrogens (tertiary/aromatic N) is 2. The van der Waals surface area contributed by atoms with E-state index >= 15 is 0 Å². The van der Waals surface area contributed by atoms with E-state index in [4.69, 9.17) is 5.26 Å².